The predicted molar refractivity (Wildman–Crippen MR) is 109 cm³/mol. The van der Waals surface area contributed by atoms with Crippen molar-refractivity contribution in [3.8, 4) is 0 Å². The van der Waals surface area contributed by atoms with Gasteiger partial charge in [0.1, 0.15) is 0 Å². The van der Waals surface area contributed by atoms with Gasteiger partial charge >= 0.3 is 0 Å². The van der Waals surface area contributed by atoms with E-state index in [9.17, 15) is 14.9 Å². The van der Waals surface area contributed by atoms with Gasteiger partial charge in [-0.1, -0.05) is 35.9 Å². The Bertz CT molecular complexity index is 1100. The molecule has 6 nitrogen and oxygen atoms in total. The summed E-state index contributed by atoms with van der Waals surface area (Å²) in [5.41, 5.74) is 3.72. The number of para-hydroxylation sites is 1. The molecule has 0 saturated heterocycles. The number of fused-ring (bicyclic) bond motifs is 1. The number of aromatic amines is 1. The fraction of sp³-hybridized carbons (Fsp3) is 0.190. The highest BCUT2D eigenvalue weighted by Gasteiger charge is 2.22. The molecule has 2 heterocycles. The lowest BCUT2D eigenvalue weighted by Gasteiger charge is -2.26. The van der Waals surface area contributed by atoms with Crippen molar-refractivity contribution in [3.63, 3.8) is 0 Å². The van der Waals surface area contributed by atoms with Gasteiger partial charge in [-0.25, -0.2) is 0 Å². The number of amides is 1. The van der Waals surface area contributed by atoms with E-state index in [0.29, 0.717) is 23.7 Å². The lowest BCUT2D eigenvalue weighted by molar-refractivity contribution is -0.385. The number of carbonyl (C=O) groups excluding carboxylic acids is 1. The number of rotatable bonds is 4. The molecule has 0 atom stereocenters. The summed E-state index contributed by atoms with van der Waals surface area (Å²) in [6.07, 6.45) is 4.77. The van der Waals surface area contributed by atoms with Crippen molar-refractivity contribution in [2.75, 3.05) is 13.1 Å². The van der Waals surface area contributed by atoms with Gasteiger partial charge in [0.15, 0.2) is 0 Å². The van der Waals surface area contributed by atoms with Crippen LogP contribution in [0.4, 0.5) is 5.69 Å². The molecule has 3 aromatic rings. The predicted octanol–water partition coefficient (Wildman–Crippen LogP) is 4.59. The maximum absolute atomic E-state index is 12.6. The van der Waals surface area contributed by atoms with Crippen LogP contribution in [0, 0.1) is 10.1 Å². The van der Waals surface area contributed by atoms with Gasteiger partial charge in [-0.3, -0.25) is 14.9 Å². The number of benzene rings is 2. The maximum atomic E-state index is 12.6. The molecule has 0 aliphatic carbocycles. The molecule has 0 fully saturated rings. The molecular formula is C21H18ClN3O3. The van der Waals surface area contributed by atoms with Crippen LogP contribution in [-0.4, -0.2) is 33.8 Å². The van der Waals surface area contributed by atoms with Crippen molar-refractivity contribution in [1.82, 2.24) is 9.88 Å². The summed E-state index contributed by atoms with van der Waals surface area (Å²) in [6, 6.07) is 12.1. The van der Waals surface area contributed by atoms with Crippen LogP contribution in [-0.2, 0) is 11.2 Å². The second-order valence-corrected chi connectivity index (χ2v) is 7.21. The number of aromatic nitrogens is 1. The molecule has 7 heteroatoms. The Hall–Kier alpha value is -3.12. The second kappa shape index (κ2) is 7.48. The molecule has 28 heavy (non-hydrogen) atoms. The quantitative estimate of drug-likeness (QED) is 0.518. The third kappa shape index (κ3) is 3.51. The molecule has 1 amide bonds. The summed E-state index contributed by atoms with van der Waals surface area (Å²) < 4.78 is 0. The van der Waals surface area contributed by atoms with Gasteiger partial charge < -0.3 is 9.88 Å². The first-order valence-electron chi connectivity index (χ1n) is 8.99. The molecule has 1 N–H and O–H groups in total. The van der Waals surface area contributed by atoms with Gasteiger partial charge in [-0.05, 0) is 30.2 Å². The molecule has 1 aliphatic rings. The number of hydrogen-bond acceptors (Lipinski definition) is 3. The largest absolute Gasteiger partial charge is 0.361 e. The highest BCUT2D eigenvalue weighted by Crippen LogP contribution is 2.31. The third-order valence-electron chi connectivity index (χ3n) is 5.08. The van der Waals surface area contributed by atoms with Crippen LogP contribution >= 0.6 is 11.6 Å². The molecule has 0 radical (unpaired) electrons. The minimum Gasteiger partial charge on any atom is -0.361 e. The minimum absolute atomic E-state index is 0.0141. The van der Waals surface area contributed by atoms with E-state index in [1.165, 1.54) is 11.6 Å². The van der Waals surface area contributed by atoms with Crippen LogP contribution in [0.25, 0.3) is 16.5 Å². The van der Waals surface area contributed by atoms with E-state index in [0.717, 1.165) is 22.9 Å². The highest BCUT2D eigenvalue weighted by atomic mass is 35.5. The highest BCUT2D eigenvalue weighted by molar-refractivity contribution is 6.31. The zero-order chi connectivity index (χ0) is 19.7. The number of carbonyl (C=O) groups is 1. The lowest BCUT2D eigenvalue weighted by atomic mass is 9.98. The average molecular weight is 396 g/mol. The molecule has 2 aromatic carbocycles. The number of H-pyrrole nitrogens is 1. The van der Waals surface area contributed by atoms with E-state index in [-0.39, 0.29) is 18.0 Å². The number of nitrogens with one attached hydrogen (secondary N) is 1. The summed E-state index contributed by atoms with van der Waals surface area (Å²) in [5, 5.41) is 12.9. The normalized spacial score (nSPS) is 14.2. The molecule has 0 unspecified atom stereocenters. The zero-order valence-corrected chi connectivity index (χ0v) is 15.8. The monoisotopic (exact) mass is 395 g/mol. The number of nitro groups is 1. The van der Waals surface area contributed by atoms with Crippen molar-refractivity contribution in [2.24, 2.45) is 0 Å². The Labute approximate surface area is 166 Å². The Morgan fingerprint density at radius 3 is 2.82 bits per heavy atom. The van der Waals surface area contributed by atoms with Crippen molar-refractivity contribution in [2.45, 2.75) is 12.8 Å². The van der Waals surface area contributed by atoms with E-state index in [4.69, 9.17) is 11.6 Å². The van der Waals surface area contributed by atoms with Gasteiger partial charge in [0.25, 0.3) is 5.69 Å². The molecular weight excluding hydrogens is 378 g/mol. The molecule has 0 spiro atoms. The third-order valence-corrected chi connectivity index (χ3v) is 5.32. The molecule has 142 valence electrons. The van der Waals surface area contributed by atoms with Crippen molar-refractivity contribution < 1.29 is 9.72 Å². The lowest BCUT2D eigenvalue weighted by Crippen LogP contribution is -2.35. The summed E-state index contributed by atoms with van der Waals surface area (Å²) in [6.45, 7) is 1.07. The first kappa shape index (κ1) is 18.3. The number of hydrogen-bond donors (Lipinski definition) is 1. The smallest absolute Gasteiger partial charge is 0.273 e. The van der Waals surface area contributed by atoms with E-state index in [1.807, 2.05) is 30.5 Å². The topological polar surface area (TPSA) is 79.2 Å². The average Bonchev–Trinajstić information content (AvgIpc) is 3.11. The first-order chi connectivity index (χ1) is 13.5. The molecule has 4 rings (SSSR count). The van der Waals surface area contributed by atoms with Crippen LogP contribution in [0.2, 0.25) is 5.02 Å². The molecule has 1 aromatic heterocycles. The number of nitro benzene ring substituents is 1. The second-order valence-electron chi connectivity index (χ2n) is 6.77. The summed E-state index contributed by atoms with van der Waals surface area (Å²) in [5.74, 6) is -0.105. The Balaban J connectivity index is 1.50. The van der Waals surface area contributed by atoms with Crippen LogP contribution < -0.4 is 0 Å². The van der Waals surface area contributed by atoms with Crippen LogP contribution in [0.5, 0.6) is 0 Å². The van der Waals surface area contributed by atoms with Crippen molar-refractivity contribution in [1.29, 1.82) is 0 Å². The van der Waals surface area contributed by atoms with Gasteiger partial charge in [-0.15, -0.1) is 0 Å². The number of nitrogens with zero attached hydrogens (tertiary/aromatic N) is 2. The first-order valence-corrected chi connectivity index (χ1v) is 9.37. The van der Waals surface area contributed by atoms with Crippen LogP contribution in [0.1, 0.15) is 17.5 Å². The SMILES string of the molecule is O=C(Cc1ccccc1[N+](=O)[O-])N1CC=C(c2c[nH]c3ccc(Cl)cc23)CC1. The van der Waals surface area contributed by atoms with Gasteiger partial charge in [0, 0.05) is 52.4 Å². The van der Waals surface area contributed by atoms with Crippen molar-refractivity contribution >= 4 is 39.7 Å². The van der Waals surface area contributed by atoms with E-state index < -0.39 is 4.92 Å². The summed E-state index contributed by atoms with van der Waals surface area (Å²) in [7, 11) is 0. The van der Waals surface area contributed by atoms with E-state index in [2.05, 4.69) is 4.98 Å². The molecule has 0 saturated carbocycles. The number of halogens is 1. The molecule has 1 aliphatic heterocycles. The minimum atomic E-state index is -0.445. The fourth-order valence-electron chi connectivity index (χ4n) is 3.61. The van der Waals surface area contributed by atoms with Crippen molar-refractivity contribution in [3.05, 3.63) is 81.0 Å². The van der Waals surface area contributed by atoms with E-state index in [1.54, 1.807) is 23.1 Å². The molecule has 0 bridgehead atoms. The van der Waals surface area contributed by atoms with Gasteiger partial charge in [0.2, 0.25) is 5.91 Å². The zero-order valence-electron chi connectivity index (χ0n) is 15.0. The van der Waals surface area contributed by atoms with Crippen LogP contribution in [0.3, 0.4) is 0 Å². The standard InChI is InChI=1S/C21H18ClN3O3/c22-16-5-6-19-17(12-16)18(13-23-19)14-7-9-24(10-8-14)21(26)11-15-3-1-2-4-20(15)25(27)28/h1-7,12-13,23H,8-11H2. The maximum Gasteiger partial charge on any atom is 0.273 e. The summed E-state index contributed by atoms with van der Waals surface area (Å²) in [4.78, 5) is 28.3. The van der Waals surface area contributed by atoms with Gasteiger partial charge in [0.05, 0.1) is 11.3 Å². The van der Waals surface area contributed by atoms with E-state index >= 15 is 0 Å². The summed E-state index contributed by atoms with van der Waals surface area (Å²) >= 11 is 6.13. The van der Waals surface area contributed by atoms with Crippen LogP contribution in [0.15, 0.2) is 54.7 Å². The van der Waals surface area contributed by atoms with Gasteiger partial charge in [-0.2, -0.15) is 0 Å². The Morgan fingerprint density at radius 2 is 2.07 bits per heavy atom. The fourth-order valence-corrected chi connectivity index (χ4v) is 3.78. The Kier molecular flexibility index (Phi) is 4.88. The Morgan fingerprint density at radius 1 is 1.25 bits per heavy atom.